The van der Waals surface area contributed by atoms with E-state index < -0.39 is 18.0 Å². The number of aliphatic carboxylic acids is 1. The lowest BCUT2D eigenvalue weighted by Gasteiger charge is -2.23. The van der Waals surface area contributed by atoms with Gasteiger partial charge in [-0.1, -0.05) is 17.7 Å². The van der Waals surface area contributed by atoms with Gasteiger partial charge < -0.3 is 20.0 Å². The van der Waals surface area contributed by atoms with E-state index in [4.69, 9.17) is 4.74 Å². The Balaban J connectivity index is 2.00. The number of amides is 1. The van der Waals surface area contributed by atoms with Crippen molar-refractivity contribution in [1.29, 1.82) is 0 Å². The van der Waals surface area contributed by atoms with Gasteiger partial charge in [0.2, 0.25) is 5.91 Å². The van der Waals surface area contributed by atoms with Crippen LogP contribution >= 0.6 is 0 Å². The third-order valence-corrected chi connectivity index (χ3v) is 3.78. The van der Waals surface area contributed by atoms with E-state index in [1.165, 1.54) is 0 Å². The highest BCUT2D eigenvalue weighted by Gasteiger charge is 2.29. The van der Waals surface area contributed by atoms with Crippen molar-refractivity contribution in [2.24, 2.45) is 5.92 Å². The number of hydrogen-bond donors (Lipinski definition) is 1. The molecule has 0 aromatic heterocycles. The monoisotopic (exact) mass is 290 g/mol. The third-order valence-electron chi connectivity index (χ3n) is 3.78. The van der Waals surface area contributed by atoms with Crippen LogP contribution in [0.1, 0.15) is 30.4 Å². The molecule has 2 atom stereocenters. The van der Waals surface area contributed by atoms with Crippen LogP contribution in [0.25, 0.3) is 0 Å². The van der Waals surface area contributed by atoms with Crippen LogP contribution in [-0.2, 0) is 14.3 Å². The SMILES string of the molecule is Cc1ccc(NC(=O)C[C@@H](C(=O)[O-])[C@@H]2CCCO2)c(C)c1. The summed E-state index contributed by atoms with van der Waals surface area (Å²) in [4.78, 5) is 23.3. The van der Waals surface area contributed by atoms with Crippen LogP contribution in [0.5, 0.6) is 0 Å². The molecule has 21 heavy (non-hydrogen) atoms. The fraction of sp³-hybridized carbons (Fsp3) is 0.500. The number of carbonyl (C=O) groups is 2. The first-order chi connectivity index (χ1) is 9.97. The molecule has 0 bridgehead atoms. The van der Waals surface area contributed by atoms with Crippen molar-refractivity contribution in [3.05, 3.63) is 29.3 Å². The summed E-state index contributed by atoms with van der Waals surface area (Å²) in [5.74, 6) is -2.44. The maximum Gasteiger partial charge on any atom is 0.225 e. The highest BCUT2D eigenvalue weighted by molar-refractivity contribution is 5.93. The van der Waals surface area contributed by atoms with E-state index in [-0.39, 0.29) is 12.3 Å². The van der Waals surface area contributed by atoms with Gasteiger partial charge in [0, 0.05) is 30.6 Å². The molecule has 5 nitrogen and oxygen atoms in total. The molecule has 1 fully saturated rings. The lowest BCUT2D eigenvalue weighted by Crippen LogP contribution is -2.40. The number of nitrogens with one attached hydrogen (secondary N) is 1. The molecule has 1 heterocycles. The smallest absolute Gasteiger partial charge is 0.225 e. The number of carboxylic acid groups (broad SMARTS) is 1. The second kappa shape index (κ2) is 6.72. The molecule has 0 unspecified atom stereocenters. The van der Waals surface area contributed by atoms with Crippen LogP contribution in [0.3, 0.4) is 0 Å². The molecule has 2 rings (SSSR count). The van der Waals surface area contributed by atoms with Crippen LogP contribution in [0, 0.1) is 19.8 Å². The van der Waals surface area contributed by atoms with Crippen molar-refractivity contribution >= 4 is 17.6 Å². The van der Waals surface area contributed by atoms with Crippen molar-refractivity contribution in [3.63, 3.8) is 0 Å². The molecule has 1 amide bonds. The summed E-state index contributed by atoms with van der Waals surface area (Å²) < 4.78 is 5.37. The molecular weight excluding hydrogens is 270 g/mol. The topological polar surface area (TPSA) is 78.5 Å². The Morgan fingerprint density at radius 3 is 2.76 bits per heavy atom. The summed E-state index contributed by atoms with van der Waals surface area (Å²) in [5, 5.41) is 14.0. The quantitative estimate of drug-likeness (QED) is 0.883. The Bertz CT molecular complexity index is 535. The van der Waals surface area contributed by atoms with Crippen molar-refractivity contribution in [3.8, 4) is 0 Å². The number of hydrogen-bond acceptors (Lipinski definition) is 4. The Morgan fingerprint density at radius 1 is 1.43 bits per heavy atom. The molecule has 1 aliphatic heterocycles. The van der Waals surface area contributed by atoms with Gasteiger partial charge in [-0.3, -0.25) is 4.79 Å². The maximum absolute atomic E-state index is 12.1. The van der Waals surface area contributed by atoms with Gasteiger partial charge in [-0.2, -0.15) is 0 Å². The number of carboxylic acids is 1. The van der Waals surface area contributed by atoms with E-state index in [1.54, 1.807) is 0 Å². The fourth-order valence-electron chi connectivity index (χ4n) is 2.64. The van der Waals surface area contributed by atoms with Crippen LogP contribution < -0.4 is 10.4 Å². The second-order valence-electron chi connectivity index (χ2n) is 5.55. The van der Waals surface area contributed by atoms with Gasteiger partial charge in [0.1, 0.15) is 0 Å². The molecule has 1 aliphatic rings. The highest BCUT2D eigenvalue weighted by Crippen LogP contribution is 2.24. The number of ether oxygens (including phenoxy) is 1. The molecule has 1 aromatic rings. The molecule has 0 radical (unpaired) electrons. The Hall–Kier alpha value is -1.88. The second-order valence-corrected chi connectivity index (χ2v) is 5.55. The minimum atomic E-state index is -1.22. The summed E-state index contributed by atoms with van der Waals surface area (Å²) in [6, 6.07) is 5.69. The molecule has 1 N–H and O–H groups in total. The first-order valence-electron chi connectivity index (χ1n) is 7.17. The molecule has 1 aromatic carbocycles. The van der Waals surface area contributed by atoms with E-state index in [9.17, 15) is 14.7 Å². The highest BCUT2D eigenvalue weighted by atomic mass is 16.5. The van der Waals surface area contributed by atoms with Gasteiger partial charge in [-0.25, -0.2) is 0 Å². The predicted molar refractivity (Wildman–Crippen MR) is 76.6 cm³/mol. The average molecular weight is 290 g/mol. The van der Waals surface area contributed by atoms with Gasteiger partial charge in [-0.15, -0.1) is 0 Å². The molecule has 0 spiro atoms. The van der Waals surface area contributed by atoms with E-state index in [0.29, 0.717) is 18.7 Å². The summed E-state index contributed by atoms with van der Waals surface area (Å²) in [6.45, 7) is 4.42. The number of aryl methyl sites for hydroxylation is 2. The van der Waals surface area contributed by atoms with Crippen molar-refractivity contribution < 1.29 is 19.4 Å². The molecular formula is C16H20NO4-. The Labute approximate surface area is 124 Å². The van der Waals surface area contributed by atoms with Crippen molar-refractivity contribution in [2.45, 2.75) is 39.2 Å². The first-order valence-corrected chi connectivity index (χ1v) is 7.17. The third kappa shape index (κ3) is 4.04. The standard InChI is InChI=1S/C16H21NO4/c1-10-5-6-13(11(2)8-10)17-15(18)9-12(16(19)20)14-4-3-7-21-14/h5-6,8,12,14H,3-4,7,9H2,1-2H3,(H,17,18)(H,19,20)/p-1/t12-,14+/m1/s1. The Morgan fingerprint density at radius 2 is 2.19 bits per heavy atom. The Kier molecular flexibility index (Phi) is 4.96. The predicted octanol–water partition coefficient (Wildman–Crippen LogP) is 1.18. The maximum atomic E-state index is 12.1. The van der Waals surface area contributed by atoms with Crippen LogP contribution in [0.2, 0.25) is 0 Å². The molecule has 5 heteroatoms. The van der Waals surface area contributed by atoms with E-state index in [1.807, 2.05) is 32.0 Å². The van der Waals surface area contributed by atoms with Crippen LogP contribution in [0.4, 0.5) is 5.69 Å². The zero-order valence-electron chi connectivity index (χ0n) is 12.3. The van der Waals surface area contributed by atoms with Gasteiger partial charge in [-0.05, 0) is 38.3 Å². The van der Waals surface area contributed by atoms with E-state index >= 15 is 0 Å². The molecule has 1 saturated heterocycles. The minimum absolute atomic E-state index is 0.125. The number of benzene rings is 1. The summed E-state index contributed by atoms with van der Waals surface area (Å²) in [7, 11) is 0. The van der Waals surface area contributed by atoms with Crippen LogP contribution in [0.15, 0.2) is 18.2 Å². The molecule has 114 valence electrons. The number of rotatable bonds is 5. The zero-order valence-corrected chi connectivity index (χ0v) is 12.3. The molecule has 0 aliphatic carbocycles. The molecule has 0 saturated carbocycles. The van der Waals surface area contributed by atoms with Gasteiger partial charge in [0.25, 0.3) is 0 Å². The summed E-state index contributed by atoms with van der Waals surface area (Å²) in [5.41, 5.74) is 2.76. The fourth-order valence-corrected chi connectivity index (χ4v) is 2.64. The average Bonchev–Trinajstić information content (AvgIpc) is 2.92. The number of anilines is 1. The lowest BCUT2D eigenvalue weighted by molar-refractivity contribution is -0.314. The summed E-state index contributed by atoms with van der Waals surface area (Å²) >= 11 is 0. The summed E-state index contributed by atoms with van der Waals surface area (Å²) in [6.07, 6.45) is 0.947. The largest absolute Gasteiger partial charge is 0.550 e. The van der Waals surface area contributed by atoms with E-state index in [2.05, 4.69) is 5.32 Å². The zero-order chi connectivity index (χ0) is 15.4. The van der Waals surface area contributed by atoms with Crippen molar-refractivity contribution in [1.82, 2.24) is 0 Å². The van der Waals surface area contributed by atoms with Crippen molar-refractivity contribution in [2.75, 3.05) is 11.9 Å². The van der Waals surface area contributed by atoms with Gasteiger partial charge in [0.15, 0.2) is 0 Å². The van der Waals surface area contributed by atoms with Crippen LogP contribution in [-0.4, -0.2) is 24.6 Å². The van der Waals surface area contributed by atoms with Gasteiger partial charge in [0.05, 0.1) is 6.10 Å². The number of carbonyl (C=O) groups excluding carboxylic acids is 2. The normalized spacial score (nSPS) is 19.2. The minimum Gasteiger partial charge on any atom is -0.550 e. The first kappa shape index (κ1) is 15.5. The van der Waals surface area contributed by atoms with E-state index in [0.717, 1.165) is 17.5 Å². The lowest BCUT2D eigenvalue weighted by atomic mass is 9.96. The van der Waals surface area contributed by atoms with Gasteiger partial charge >= 0.3 is 0 Å².